The van der Waals surface area contributed by atoms with Gasteiger partial charge in [-0.3, -0.25) is 9.69 Å². The van der Waals surface area contributed by atoms with Crippen LogP contribution in [0.15, 0.2) is 64.1 Å². The van der Waals surface area contributed by atoms with Crippen molar-refractivity contribution < 1.29 is 4.79 Å². The number of halogens is 4. The number of carbonyl (C=O) groups is 1. The third-order valence-electron chi connectivity index (χ3n) is 4.33. The van der Waals surface area contributed by atoms with E-state index in [-0.39, 0.29) is 18.3 Å². The number of fused-ring (bicyclic) bond motifs is 1. The summed E-state index contributed by atoms with van der Waals surface area (Å²) in [5.41, 5.74) is 1.31. The fourth-order valence-electron chi connectivity index (χ4n) is 2.92. The minimum Gasteiger partial charge on any atom is -0.337 e. The van der Waals surface area contributed by atoms with Gasteiger partial charge in [0.15, 0.2) is 5.13 Å². The van der Waals surface area contributed by atoms with Crippen LogP contribution in [0.2, 0.25) is 5.02 Å². The molecular weight excluding hydrogens is 575 g/mol. The summed E-state index contributed by atoms with van der Waals surface area (Å²) in [6.07, 6.45) is 6.18. The Hall–Kier alpha value is -1.45. The summed E-state index contributed by atoms with van der Waals surface area (Å²) < 4.78 is 4.79. The predicted octanol–water partition coefficient (Wildman–Crippen LogP) is 6.83. The molecule has 0 fully saturated rings. The van der Waals surface area contributed by atoms with Crippen LogP contribution in [0.25, 0.3) is 10.2 Å². The van der Waals surface area contributed by atoms with Crippen molar-refractivity contribution in [1.82, 2.24) is 14.5 Å². The van der Waals surface area contributed by atoms with E-state index in [1.165, 1.54) is 11.3 Å². The van der Waals surface area contributed by atoms with Gasteiger partial charge in [0.2, 0.25) is 0 Å². The first-order valence-corrected chi connectivity index (χ1v) is 11.6. The molecule has 0 bridgehead atoms. The van der Waals surface area contributed by atoms with Crippen LogP contribution in [-0.4, -0.2) is 27.0 Å². The first kappa shape index (κ1) is 23.2. The molecule has 4 rings (SSSR count). The Balaban J connectivity index is 0.00000256. The van der Waals surface area contributed by atoms with Gasteiger partial charge in [-0.15, -0.1) is 12.4 Å². The molecule has 0 atom stereocenters. The molecule has 0 radical (unpaired) electrons. The largest absolute Gasteiger partial charge is 0.337 e. The molecule has 0 aliphatic rings. The highest BCUT2D eigenvalue weighted by Crippen LogP contribution is 2.33. The van der Waals surface area contributed by atoms with Crippen molar-refractivity contribution in [2.24, 2.45) is 0 Å². The van der Waals surface area contributed by atoms with E-state index in [2.05, 4.69) is 36.8 Å². The molecule has 0 saturated carbocycles. The SMILES string of the molecule is Cl.O=C(c1cc(Br)ccc1Cl)N(CCCn1ccnc1)c1nc2ccc(Br)cc2s1. The number of rotatable bonds is 6. The minimum absolute atomic E-state index is 0. The third kappa shape index (κ3) is 5.23. The molecule has 2 aromatic heterocycles. The lowest BCUT2D eigenvalue weighted by molar-refractivity contribution is 0.0986. The fraction of sp³-hybridized carbons (Fsp3) is 0.150. The van der Waals surface area contributed by atoms with Crippen LogP contribution in [0.4, 0.5) is 5.13 Å². The zero-order chi connectivity index (χ0) is 20.4. The molecule has 2 aromatic carbocycles. The van der Waals surface area contributed by atoms with Gasteiger partial charge in [0.1, 0.15) is 0 Å². The van der Waals surface area contributed by atoms with Gasteiger partial charge < -0.3 is 4.57 Å². The molecule has 0 aliphatic carbocycles. The maximum absolute atomic E-state index is 13.4. The molecule has 0 spiro atoms. The number of thiazole rings is 1. The van der Waals surface area contributed by atoms with Crippen molar-refractivity contribution in [3.8, 4) is 0 Å². The highest BCUT2D eigenvalue weighted by molar-refractivity contribution is 9.10. The number of amides is 1. The minimum atomic E-state index is -0.167. The van der Waals surface area contributed by atoms with Crippen LogP contribution in [0.3, 0.4) is 0 Å². The van der Waals surface area contributed by atoms with E-state index < -0.39 is 0 Å². The number of hydrogen-bond donors (Lipinski definition) is 0. The zero-order valence-electron chi connectivity index (χ0n) is 15.5. The normalized spacial score (nSPS) is 10.8. The van der Waals surface area contributed by atoms with E-state index in [0.717, 1.165) is 32.1 Å². The van der Waals surface area contributed by atoms with Crippen molar-refractivity contribution in [2.45, 2.75) is 13.0 Å². The van der Waals surface area contributed by atoms with E-state index in [4.69, 9.17) is 16.6 Å². The van der Waals surface area contributed by atoms with Crippen LogP contribution < -0.4 is 4.90 Å². The molecule has 30 heavy (non-hydrogen) atoms. The molecule has 0 unspecified atom stereocenters. The lowest BCUT2D eigenvalue weighted by atomic mass is 10.2. The van der Waals surface area contributed by atoms with Gasteiger partial charge >= 0.3 is 0 Å². The lowest BCUT2D eigenvalue weighted by Crippen LogP contribution is -2.32. The second kappa shape index (κ2) is 10.2. The van der Waals surface area contributed by atoms with Crippen molar-refractivity contribution >= 4 is 88.5 Å². The Bertz CT molecular complexity index is 1170. The molecule has 5 nitrogen and oxygen atoms in total. The van der Waals surface area contributed by atoms with Crippen LogP contribution in [0.1, 0.15) is 16.8 Å². The van der Waals surface area contributed by atoms with Crippen molar-refractivity contribution in [3.63, 3.8) is 0 Å². The van der Waals surface area contributed by atoms with Gasteiger partial charge in [0.05, 0.1) is 27.1 Å². The Morgan fingerprint density at radius 3 is 2.70 bits per heavy atom. The molecule has 156 valence electrons. The number of benzene rings is 2. The first-order valence-electron chi connectivity index (χ1n) is 8.80. The Labute approximate surface area is 205 Å². The monoisotopic (exact) mass is 588 g/mol. The molecule has 2 heterocycles. The molecular formula is C20H16Br2Cl2N4OS. The van der Waals surface area contributed by atoms with Crippen molar-refractivity contribution in [3.05, 3.63) is 74.7 Å². The molecule has 4 aromatic rings. The quantitative estimate of drug-likeness (QED) is 0.247. The van der Waals surface area contributed by atoms with E-state index in [1.54, 1.807) is 29.6 Å². The molecule has 10 heteroatoms. The maximum atomic E-state index is 13.4. The summed E-state index contributed by atoms with van der Waals surface area (Å²) in [6, 6.07) is 11.2. The zero-order valence-corrected chi connectivity index (χ0v) is 21.0. The summed E-state index contributed by atoms with van der Waals surface area (Å²) in [5, 5.41) is 1.08. The van der Waals surface area contributed by atoms with Crippen LogP contribution in [0.5, 0.6) is 0 Å². The summed E-state index contributed by atoms with van der Waals surface area (Å²) in [7, 11) is 0. The standard InChI is InChI=1S/C20H15Br2ClN4OS.ClH/c21-13-2-4-16(23)15(10-13)19(28)27(8-1-7-26-9-6-24-12-26)20-25-17-5-3-14(22)11-18(17)29-20;/h2-6,9-12H,1,7-8H2;1H. The van der Waals surface area contributed by atoms with Gasteiger partial charge in [-0.2, -0.15) is 0 Å². The van der Waals surface area contributed by atoms with Crippen LogP contribution >= 0.6 is 67.2 Å². The second-order valence-electron chi connectivity index (χ2n) is 6.34. The van der Waals surface area contributed by atoms with Crippen molar-refractivity contribution in [2.75, 3.05) is 11.4 Å². The number of imidazole rings is 1. The van der Waals surface area contributed by atoms with E-state index in [0.29, 0.717) is 22.3 Å². The van der Waals surface area contributed by atoms with E-state index >= 15 is 0 Å². The number of anilines is 1. The van der Waals surface area contributed by atoms with Gasteiger partial charge in [0, 0.05) is 34.4 Å². The van der Waals surface area contributed by atoms with E-state index in [1.807, 2.05) is 35.0 Å². The second-order valence-corrected chi connectivity index (χ2v) is 9.59. The lowest BCUT2D eigenvalue weighted by Gasteiger charge is -2.21. The Kier molecular flexibility index (Phi) is 7.92. The number of carbonyl (C=O) groups excluding carboxylic acids is 1. The molecule has 0 saturated heterocycles. The average molecular weight is 591 g/mol. The topological polar surface area (TPSA) is 51.0 Å². The van der Waals surface area contributed by atoms with Gasteiger partial charge in [0.25, 0.3) is 5.91 Å². The van der Waals surface area contributed by atoms with Crippen LogP contribution in [0, 0.1) is 0 Å². The molecule has 0 N–H and O–H groups in total. The number of hydrogen-bond acceptors (Lipinski definition) is 4. The highest BCUT2D eigenvalue weighted by atomic mass is 79.9. The number of aryl methyl sites for hydroxylation is 1. The van der Waals surface area contributed by atoms with Crippen LogP contribution in [-0.2, 0) is 6.54 Å². The van der Waals surface area contributed by atoms with Gasteiger partial charge in [-0.1, -0.05) is 54.8 Å². The molecule has 0 aliphatic heterocycles. The molecule has 1 amide bonds. The average Bonchev–Trinajstić information content (AvgIpc) is 3.36. The van der Waals surface area contributed by atoms with Crippen molar-refractivity contribution in [1.29, 1.82) is 0 Å². The van der Waals surface area contributed by atoms with Gasteiger partial charge in [-0.05, 0) is 42.8 Å². The van der Waals surface area contributed by atoms with Gasteiger partial charge in [-0.25, -0.2) is 9.97 Å². The fourth-order valence-corrected chi connectivity index (χ4v) is 5.02. The summed E-state index contributed by atoms with van der Waals surface area (Å²) >= 11 is 14.7. The maximum Gasteiger partial charge on any atom is 0.261 e. The predicted molar refractivity (Wildman–Crippen MR) is 132 cm³/mol. The summed E-state index contributed by atoms with van der Waals surface area (Å²) in [5.74, 6) is -0.167. The highest BCUT2D eigenvalue weighted by Gasteiger charge is 2.23. The summed E-state index contributed by atoms with van der Waals surface area (Å²) in [4.78, 5) is 23.9. The Morgan fingerprint density at radius 2 is 1.93 bits per heavy atom. The summed E-state index contributed by atoms with van der Waals surface area (Å²) in [6.45, 7) is 1.27. The third-order valence-corrected chi connectivity index (χ3v) is 6.69. The first-order chi connectivity index (χ1) is 14.0. The number of nitrogens with zero attached hydrogens (tertiary/aromatic N) is 4. The smallest absolute Gasteiger partial charge is 0.261 e. The number of aromatic nitrogens is 3. The van der Waals surface area contributed by atoms with E-state index in [9.17, 15) is 4.79 Å². The Morgan fingerprint density at radius 1 is 1.17 bits per heavy atom.